The van der Waals surface area contributed by atoms with Crippen LogP contribution in [0.25, 0.3) is 0 Å². The lowest BCUT2D eigenvalue weighted by molar-refractivity contribution is 0.0587. The average Bonchev–Trinajstić information content (AvgIpc) is 1.21. The number of carbonyl (C=O) groups is 1. The molecule has 1 amide bonds. The fraction of sp³-hybridized carbons (Fsp3) is 0.800. The summed E-state index contributed by atoms with van der Waals surface area (Å²) in [7, 11) is 0. The number of ether oxygens (including phenoxy) is 1. The van der Waals surface area contributed by atoms with Gasteiger partial charge in [-0.05, 0) is 20.8 Å². The van der Waals surface area contributed by atoms with Gasteiger partial charge in [-0.1, -0.05) is 5.73 Å². The fourth-order valence-corrected chi connectivity index (χ4v) is 0.262. The summed E-state index contributed by atoms with van der Waals surface area (Å²) in [5, 5.41) is 0. The summed E-state index contributed by atoms with van der Waals surface area (Å²) in [5.41, 5.74) is 7.45. The maximum absolute atomic E-state index is 9.79. The minimum absolute atomic E-state index is 0.578. The van der Waals surface area contributed by atoms with Gasteiger partial charge in [0.2, 0.25) is 0 Å². The molecule has 0 fully saturated rings. The first-order valence-corrected chi connectivity index (χ1v) is 2.34. The maximum Gasteiger partial charge on any atom is 0.453 e. The highest BCUT2D eigenvalue weighted by molar-refractivity contribution is 5.64. The molecule has 2 radical (unpaired) electrons. The van der Waals surface area contributed by atoms with Crippen molar-refractivity contribution in [2.75, 3.05) is 0 Å². The molecule has 3 heteroatoms. The lowest BCUT2D eigenvalue weighted by atomic mass is 10.2. The molecule has 0 aromatic rings. The topological polar surface area (TPSA) is 48.6 Å². The molecule has 0 rings (SSSR count). The molecule has 0 spiro atoms. The van der Waals surface area contributed by atoms with E-state index < -0.39 is 11.7 Å². The van der Waals surface area contributed by atoms with Gasteiger partial charge in [0.15, 0.2) is 0 Å². The van der Waals surface area contributed by atoms with E-state index in [9.17, 15) is 4.79 Å². The summed E-state index contributed by atoms with van der Waals surface area (Å²) >= 11 is 0. The van der Waals surface area contributed by atoms with Gasteiger partial charge in [-0.3, -0.25) is 0 Å². The fourth-order valence-electron chi connectivity index (χ4n) is 0.262. The third kappa shape index (κ3) is 5.27. The summed E-state index contributed by atoms with van der Waals surface area (Å²) in [6, 6.07) is 0. The highest BCUT2D eigenvalue weighted by Gasteiger charge is 2.13. The number of carbonyl (C=O) groups excluding carboxylic acids is 1. The minimum Gasteiger partial charge on any atom is -0.441 e. The Bertz CT molecular complexity index is 93.1. The Morgan fingerprint density at radius 2 is 1.88 bits per heavy atom. The van der Waals surface area contributed by atoms with Gasteiger partial charge >= 0.3 is 6.09 Å². The van der Waals surface area contributed by atoms with Crippen molar-refractivity contribution in [3.8, 4) is 0 Å². The molecule has 46 valence electrons. The molecule has 0 aromatic heterocycles. The first-order valence-electron chi connectivity index (χ1n) is 2.34. The Morgan fingerprint density at radius 1 is 1.50 bits per heavy atom. The van der Waals surface area contributed by atoms with E-state index in [0.717, 1.165) is 0 Å². The molecule has 0 saturated carbocycles. The van der Waals surface area contributed by atoms with E-state index >= 15 is 0 Å². The quantitative estimate of drug-likeness (QED) is 0.472. The van der Waals surface area contributed by atoms with Crippen molar-refractivity contribution in [1.29, 1.82) is 0 Å². The van der Waals surface area contributed by atoms with E-state index in [0.29, 0.717) is 0 Å². The van der Waals surface area contributed by atoms with Crippen molar-refractivity contribution < 1.29 is 9.53 Å². The van der Waals surface area contributed by atoms with Gasteiger partial charge < -0.3 is 4.74 Å². The number of rotatable bonds is 0. The van der Waals surface area contributed by atoms with Gasteiger partial charge in [0.05, 0.1) is 0 Å². The van der Waals surface area contributed by atoms with Crippen molar-refractivity contribution in [2.45, 2.75) is 26.4 Å². The second-order valence-corrected chi connectivity index (χ2v) is 2.48. The molecule has 0 bridgehead atoms. The van der Waals surface area contributed by atoms with Crippen LogP contribution in [0.1, 0.15) is 20.8 Å². The van der Waals surface area contributed by atoms with Gasteiger partial charge in [0.25, 0.3) is 0 Å². The largest absolute Gasteiger partial charge is 0.453 e. The number of amides is 1. The number of hydrogen-bond donors (Lipinski definition) is 0. The highest BCUT2D eigenvalue weighted by atomic mass is 16.6. The molecule has 0 unspecified atom stereocenters. The third-order valence-corrected chi connectivity index (χ3v) is 0.393. The molecule has 3 nitrogen and oxygen atoms in total. The molecule has 0 aromatic carbocycles. The average molecular weight is 115 g/mol. The van der Waals surface area contributed by atoms with Gasteiger partial charge in [-0.25, -0.2) is 4.79 Å². The normalized spacial score (nSPS) is 10.9. The first kappa shape index (κ1) is 7.27. The van der Waals surface area contributed by atoms with Crippen LogP contribution in [0.5, 0.6) is 0 Å². The molecule has 0 aliphatic carbocycles. The van der Waals surface area contributed by atoms with Crippen LogP contribution in [0.3, 0.4) is 0 Å². The molecule has 8 heavy (non-hydrogen) atoms. The Morgan fingerprint density at radius 3 is 1.88 bits per heavy atom. The Labute approximate surface area is 48.8 Å². The van der Waals surface area contributed by atoms with Crippen molar-refractivity contribution in [1.82, 2.24) is 5.73 Å². The van der Waals surface area contributed by atoms with Crippen LogP contribution >= 0.6 is 0 Å². The van der Waals surface area contributed by atoms with Crippen LogP contribution in [0, 0.1) is 0 Å². The SMILES string of the molecule is CC(C)(C)OC([N])=O. The summed E-state index contributed by atoms with van der Waals surface area (Å²) in [5.74, 6) is 0. The van der Waals surface area contributed by atoms with Crippen LogP contribution in [-0.4, -0.2) is 11.7 Å². The monoisotopic (exact) mass is 115 g/mol. The van der Waals surface area contributed by atoms with Crippen LogP contribution in [0.2, 0.25) is 0 Å². The van der Waals surface area contributed by atoms with E-state index in [-0.39, 0.29) is 0 Å². The smallest absolute Gasteiger partial charge is 0.441 e. The van der Waals surface area contributed by atoms with E-state index in [2.05, 4.69) is 4.74 Å². The Kier molecular flexibility index (Phi) is 1.84. The lowest BCUT2D eigenvalue weighted by Crippen LogP contribution is -2.23. The van der Waals surface area contributed by atoms with Gasteiger partial charge in [-0.2, -0.15) is 0 Å². The van der Waals surface area contributed by atoms with Crippen molar-refractivity contribution in [3.05, 3.63) is 0 Å². The van der Waals surface area contributed by atoms with Gasteiger partial charge in [0.1, 0.15) is 5.60 Å². The summed E-state index contributed by atoms with van der Waals surface area (Å²) in [6.07, 6.45) is -1.22. The molecule has 0 aliphatic rings. The summed E-state index contributed by atoms with van der Waals surface area (Å²) in [6.45, 7) is 5.04. The zero-order valence-corrected chi connectivity index (χ0v) is 5.26. The van der Waals surface area contributed by atoms with Crippen LogP contribution < -0.4 is 5.73 Å². The highest BCUT2D eigenvalue weighted by Crippen LogP contribution is 2.05. The number of nitrogens with zero attached hydrogens (tertiary/aromatic N) is 1. The molecule has 0 aliphatic heterocycles. The molecule has 0 N–H and O–H groups in total. The van der Waals surface area contributed by atoms with Gasteiger partial charge in [0, 0.05) is 0 Å². The molecule has 0 saturated heterocycles. The Balaban J connectivity index is 3.55. The predicted molar refractivity (Wildman–Crippen MR) is 28.4 cm³/mol. The van der Waals surface area contributed by atoms with Crippen molar-refractivity contribution in [3.63, 3.8) is 0 Å². The zero-order chi connectivity index (χ0) is 6.78. The molecular formula is C5H9NO2. The maximum atomic E-state index is 9.79. The summed E-state index contributed by atoms with van der Waals surface area (Å²) in [4.78, 5) is 9.79. The van der Waals surface area contributed by atoms with E-state index in [4.69, 9.17) is 5.73 Å². The minimum atomic E-state index is -1.22. The van der Waals surface area contributed by atoms with E-state index in [1.807, 2.05) is 0 Å². The predicted octanol–water partition coefficient (Wildman–Crippen LogP) is 0.990. The summed E-state index contributed by atoms with van der Waals surface area (Å²) < 4.78 is 4.35. The van der Waals surface area contributed by atoms with Crippen molar-refractivity contribution >= 4 is 6.09 Å². The van der Waals surface area contributed by atoms with Crippen LogP contribution in [-0.2, 0) is 4.74 Å². The van der Waals surface area contributed by atoms with Crippen LogP contribution in [0.4, 0.5) is 4.79 Å². The zero-order valence-electron chi connectivity index (χ0n) is 5.26. The first-order chi connectivity index (χ1) is 3.42. The molecule has 0 heterocycles. The van der Waals surface area contributed by atoms with Gasteiger partial charge in [-0.15, -0.1) is 0 Å². The van der Waals surface area contributed by atoms with E-state index in [1.165, 1.54) is 0 Å². The standard InChI is InChI=1S/C5H9NO2/c1-5(2,3)8-4(6)7/h1-3H3. The number of hydrogen-bond acceptors (Lipinski definition) is 2. The molecular weight excluding hydrogens is 106 g/mol. The second kappa shape index (κ2) is 2.03. The Hall–Kier alpha value is -0.730. The van der Waals surface area contributed by atoms with Crippen molar-refractivity contribution in [2.24, 2.45) is 0 Å². The second-order valence-electron chi connectivity index (χ2n) is 2.48. The third-order valence-electron chi connectivity index (χ3n) is 0.393. The lowest BCUT2D eigenvalue weighted by Gasteiger charge is -2.15. The van der Waals surface area contributed by atoms with Crippen LogP contribution in [0.15, 0.2) is 0 Å². The van der Waals surface area contributed by atoms with E-state index in [1.54, 1.807) is 20.8 Å². The molecule has 0 atom stereocenters.